The number of hydrogen-bond donors (Lipinski definition) is 1. The molecule has 0 spiro atoms. The first-order valence-electron chi connectivity index (χ1n) is 14.2. The lowest BCUT2D eigenvalue weighted by atomic mass is 9.95. The normalized spacial score (nSPS) is 15.8. The van der Waals surface area contributed by atoms with Crippen LogP contribution in [0.5, 0.6) is 11.5 Å². The highest BCUT2D eigenvalue weighted by Gasteiger charge is 2.48. The number of hydrogen-bond acceptors (Lipinski definition) is 9. The number of benzene rings is 3. The molecule has 2 heterocycles. The van der Waals surface area contributed by atoms with Crippen molar-refractivity contribution in [1.29, 1.82) is 0 Å². The van der Waals surface area contributed by atoms with Crippen LogP contribution >= 0.6 is 11.3 Å². The summed E-state index contributed by atoms with van der Waals surface area (Å²) in [6.45, 7) is 8.24. The first kappa shape index (κ1) is 30.5. The van der Waals surface area contributed by atoms with Gasteiger partial charge in [0, 0.05) is 5.56 Å². The van der Waals surface area contributed by atoms with Gasteiger partial charge < -0.3 is 19.3 Å². The van der Waals surface area contributed by atoms with Crippen LogP contribution < -0.4 is 14.4 Å². The third-order valence-corrected chi connectivity index (χ3v) is 8.16. The molecule has 5 rings (SSSR count). The average Bonchev–Trinajstić information content (AvgIpc) is 3.53. The van der Waals surface area contributed by atoms with Gasteiger partial charge in [-0.1, -0.05) is 53.3 Å². The molecule has 3 aromatic carbocycles. The van der Waals surface area contributed by atoms with Crippen LogP contribution in [0.4, 0.5) is 5.13 Å². The second-order valence-electron chi connectivity index (χ2n) is 10.1. The highest BCUT2D eigenvalue weighted by molar-refractivity contribution is 7.17. The maximum absolute atomic E-state index is 13.6. The van der Waals surface area contributed by atoms with E-state index in [9.17, 15) is 19.5 Å². The summed E-state index contributed by atoms with van der Waals surface area (Å²) in [5.41, 5.74) is 3.32. The van der Waals surface area contributed by atoms with Crippen molar-refractivity contribution in [1.82, 2.24) is 4.98 Å². The maximum Gasteiger partial charge on any atom is 0.350 e. The number of ketones is 1. The van der Waals surface area contributed by atoms with Gasteiger partial charge in [0.05, 0.1) is 30.5 Å². The molecule has 226 valence electrons. The quantitative estimate of drug-likeness (QED) is 0.0929. The van der Waals surface area contributed by atoms with Gasteiger partial charge in [-0.3, -0.25) is 14.5 Å². The number of thiazole rings is 1. The van der Waals surface area contributed by atoms with E-state index in [1.807, 2.05) is 38.1 Å². The van der Waals surface area contributed by atoms with Crippen LogP contribution in [0.15, 0.2) is 78.4 Å². The molecular formula is C34H32N2O7S. The van der Waals surface area contributed by atoms with E-state index >= 15 is 0 Å². The van der Waals surface area contributed by atoms with Crippen molar-refractivity contribution in [2.24, 2.45) is 0 Å². The Morgan fingerprint density at radius 3 is 2.27 bits per heavy atom. The van der Waals surface area contributed by atoms with Crippen molar-refractivity contribution >= 4 is 39.9 Å². The maximum atomic E-state index is 13.6. The lowest BCUT2D eigenvalue weighted by molar-refractivity contribution is -0.132. The van der Waals surface area contributed by atoms with E-state index in [0.717, 1.165) is 22.5 Å². The number of aryl methyl sites for hydroxylation is 2. The van der Waals surface area contributed by atoms with E-state index in [0.29, 0.717) is 41.5 Å². The molecule has 10 heteroatoms. The van der Waals surface area contributed by atoms with Crippen molar-refractivity contribution in [2.75, 3.05) is 18.1 Å². The molecule has 1 unspecified atom stereocenters. The van der Waals surface area contributed by atoms with Crippen LogP contribution in [-0.4, -0.2) is 41.0 Å². The number of aliphatic hydroxyl groups excluding tert-OH is 1. The number of carbonyl (C=O) groups excluding carboxylic acids is 3. The molecule has 1 aliphatic rings. The zero-order valence-corrected chi connectivity index (χ0v) is 25.6. The molecule has 44 heavy (non-hydrogen) atoms. The van der Waals surface area contributed by atoms with Crippen LogP contribution in [0.25, 0.3) is 5.76 Å². The van der Waals surface area contributed by atoms with Crippen LogP contribution in [0.3, 0.4) is 0 Å². The molecule has 4 aromatic rings. The summed E-state index contributed by atoms with van der Waals surface area (Å²) in [6.07, 6.45) is 0. The van der Waals surface area contributed by atoms with Crippen molar-refractivity contribution in [3.05, 3.63) is 111 Å². The Kier molecular flexibility index (Phi) is 9.10. The largest absolute Gasteiger partial charge is 0.507 e. The van der Waals surface area contributed by atoms with E-state index in [2.05, 4.69) is 4.98 Å². The molecule has 1 amide bonds. The van der Waals surface area contributed by atoms with Crippen LogP contribution in [0.2, 0.25) is 0 Å². The van der Waals surface area contributed by atoms with Crippen LogP contribution in [0, 0.1) is 13.8 Å². The number of carbonyl (C=O) groups is 3. The number of aromatic nitrogens is 1. The molecule has 1 fully saturated rings. The first-order chi connectivity index (χ1) is 21.2. The predicted octanol–water partition coefficient (Wildman–Crippen LogP) is 6.54. The SMILES string of the molecule is CCOC(=O)c1sc(N2C(=O)C(=O)C(=C(O)c3ccc(OCc4cccc(C)c4)cc3)C2c2ccc(OCC)cc2)nc1C. The Morgan fingerprint density at radius 2 is 1.61 bits per heavy atom. The van der Waals surface area contributed by atoms with Gasteiger partial charge in [-0.25, -0.2) is 9.78 Å². The van der Waals surface area contributed by atoms with Gasteiger partial charge in [0.25, 0.3) is 5.78 Å². The fourth-order valence-electron chi connectivity index (χ4n) is 4.96. The Morgan fingerprint density at radius 1 is 0.932 bits per heavy atom. The lowest BCUT2D eigenvalue weighted by Crippen LogP contribution is -2.29. The highest BCUT2D eigenvalue weighted by Crippen LogP contribution is 2.44. The number of rotatable bonds is 10. The van der Waals surface area contributed by atoms with Crippen LogP contribution in [-0.2, 0) is 20.9 Å². The summed E-state index contributed by atoms with van der Waals surface area (Å²) in [5, 5.41) is 11.7. The molecule has 0 radical (unpaired) electrons. The van der Waals surface area contributed by atoms with Gasteiger partial charge >= 0.3 is 11.9 Å². The van der Waals surface area contributed by atoms with Gasteiger partial charge in [-0.05, 0) is 75.2 Å². The third-order valence-electron chi connectivity index (χ3n) is 7.02. The van der Waals surface area contributed by atoms with E-state index in [1.165, 1.54) is 4.90 Å². The van der Waals surface area contributed by atoms with Crippen LogP contribution in [0.1, 0.15) is 57.5 Å². The van der Waals surface area contributed by atoms with E-state index in [4.69, 9.17) is 14.2 Å². The summed E-state index contributed by atoms with van der Waals surface area (Å²) in [7, 11) is 0. The molecule has 9 nitrogen and oxygen atoms in total. The lowest BCUT2D eigenvalue weighted by Gasteiger charge is -2.23. The molecule has 1 saturated heterocycles. The predicted molar refractivity (Wildman–Crippen MR) is 167 cm³/mol. The van der Waals surface area contributed by atoms with Crippen molar-refractivity contribution in [3.8, 4) is 11.5 Å². The van der Waals surface area contributed by atoms with Gasteiger partial charge in [0.15, 0.2) is 5.13 Å². The topological polar surface area (TPSA) is 115 Å². The number of nitrogens with zero attached hydrogens (tertiary/aromatic N) is 2. The molecule has 1 N–H and O–H groups in total. The molecule has 0 bridgehead atoms. The minimum Gasteiger partial charge on any atom is -0.507 e. The van der Waals surface area contributed by atoms with E-state index in [-0.39, 0.29) is 27.9 Å². The molecule has 1 aliphatic heterocycles. The third kappa shape index (κ3) is 6.21. The smallest absolute Gasteiger partial charge is 0.350 e. The van der Waals surface area contributed by atoms with Crippen molar-refractivity contribution in [3.63, 3.8) is 0 Å². The Hall–Kier alpha value is -4.96. The van der Waals surface area contributed by atoms with Gasteiger partial charge in [-0.15, -0.1) is 0 Å². The zero-order chi connectivity index (χ0) is 31.4. The van der Waals surface area contributed by atoms with E-state index in [1.54, 1.807) is 62.4 Å². The summed E-state index contributed by atoms with van der Waals surface area (Å²) in [5.74, 6) is -1.44. The number of anilines is 1. The average molecular weight is 613 g/mol. The first-order valence-corrected chi connectivity index (χ1v) is 15.0. The van der Waals surface area contributed by atoms with Gasteiger partial charge in [0.2, 0.25) is 0 Å². The summed E-state index contributed by atoms with van der Waals surface area (Å²) in [6, 6.07) is 20.6. The number of esters is 1. The standard InChI is InChI=1S/C34H32N2O7S/c1-5-41-25-14-10-23(11-15-25)28-27(30(38)32(39)36(28)34-35-21(4)31(44-34)33(40)42-6-2)29(37)24-12-16-26(17-13-24)43-19-22-9-7-8-20(3)18-22/h7-18,28,37H,5-6,19H2,1-4H3. The highest BCUT2D eigenvalue weighted by atomic mass is 32.1. The second-order valence-corrected chi connectivity index (χ2v) is 11.1. The van der Waals surface area contributed by atoms with Gasteiger partial charge in [0.1, 0.15) is 28.7 Å². The Labute approximate surface area is 259 Å². The number of amides is 1. The molecule has 1 atom stereocenters. The summed E-state index contributed by atoms with van der Waals surface area (Å²) < 4.78 is 16.6. The van der Waals surface area contributed by atoms with E-state index < -0.39 is 23.7 Å². The number of ether oxygens (including phenoxy) is 3. The fraction of sp³-hybridized carbons (Fsp3) is 0.235. The number of aliphatic hydroxyl groups is 1. The van der Waals surface area contributed by atoms with Crippen molar-refractivity contribution in [2.45, 2.75) is 40.3 Å². The molecule has 1 aromatic heterocycles. The molecular weight excluding hydrogens is 580 g/mol. The Bertz CT molecular complexity index is 1730. The van der Waals surface area contributed by atoms with Crippen molar-refractivity contribution < 1.29 is 33.7 Å². The fourth-order valence-corrected chi connectivity index (χ4v) is 5.95. The number of Topliss-reactive ketones (excluding diaryl/α,β-unsaturated/α-hetero) is 1. The minimum absolute atomic E-state index is 0.0990. The summed E-state index contributed by atoms with van der Waals surface area (Å²) in [4.78, 5) is 45.6. The minimum atomic E-state index is -1.01. The second kappa shape index (κ2) is 13.1. The molecule has 0 saturated carbocycles. The van der Waals surface area contributed by atoms with Gasteiger partial charge in [-0.2, -0.15) is 0 Å². The molecule has 0 aliphatic carbocycles. The Balaban J connectivity index is 1.53. The monoisotopic (exact) mass is 612 g/mol. The summed E-state index contributed by atoms with van der Waals surface area (Å²) >= 11 is 0.958. The zero-order valence-electron chi connectivity index (χ0n) is 24.8.